The lowest BCUT2D eigenvalue weighted by Gasteiger charge is -2.26. The number of nitrogens with zero attached hydrogens (tertiary/aromatic N) is 3. The van der Waals surface area contributed by atoms with Crippen molar-refractivity contribution in [2.75, 3.05) is 52.2 Å². The molecule has 1 fully saturated rings. The monoisotopic (exact) mass is 402 g/mol. The first-order chi connectivity index (χ1) is 12.4. The minimum Gasteiger partial charge on any atom is -0.379 e. The maximum atomic E-state index is 12.4. The molecular weight excluding hydrogens is 376 g/mol. The molecule has 0 spiro atoms. The van der Waals surface area contributed by atoms with Crippen LogP contribution >= 0.6 is 11.6 Å². The summed E-state index contributed by atoms with van der Waals surface area (Å²) in [6.45, 7) is 5.26. The zero-order valence-corrected chi connectivity index (χ0v) is 16.9. The van der Waals surface area contributed by atoms with E-state index in [1.54, 1.807) is 0 Å². The van der Waals surface area contributed by atoms with E-state index < -0.39 is 10.0 Å². The molecule has 146 valence electrons. The minimum absolute atomic E-state index is 0.00704. The van der Waals surface area contributed by atoms with Crippen molar-refractivity contribution in [2.45, 2.75) is 13.5 Å². The van der Waals surface area contributed by atoms with Gasteiger partial charge in [-0.3, -0.25) is 4.99 Å². The van der Waals surface area contributed by atoms with Gasteiger partial charge in [0, 0.05) is 38.2 Å². The van der Waals surface area contributed by atoms with Crippen molar-refractivity contribution in [3.63, 3.8) is 0 Å². The van der Waals surface area contributed by atoms with Gasteiger partial charge in [0.1, 0.15) is 0 Å². The van der Waals surface area contributed by atoms with Gasteiger partial charge in [-0.1, -0.05) is 23.7 Å². The molecule has 26 heavy (non-hydrogen) atoms. The van der Waals surface area contributed by atoms with Crippen LogP contribution in [0.2, 0.25) is 5.02 Å². The number of morpholine rings is 1. The quantitative estimate of drug-likeness (QED) is 0.551. The number of hydrogen-bond acceptors (Lipinski definition) is 4. The summed E-state index contributed by atoms with van der Waals surface area (Å²) in [5, 5.41) is 3.89. The largest absolute Gasteiger partial charge is 0.379 e. The Balaban J connectivity index is 1.96. The fourth-order valence-electron chi connectivity index (χ4n) is 2.67. The summed E-state index contributed by atoms with van der Waals surface area (Å²) < 4.78 is 31.4. The average molecular weight is 403 g/mol. The summed E-state index contributed by atoms with van der Waals surface area (Å²) in [5.41, 5.74) is 1.06. The number of benzene rings is 1. The van der Waals surface area contributed by atoms with Gasteiger partial charge in [-0.15, -0.1) is 0 Å². The number of ether oxygens (including phenoxy) is 1. The number of nitrogens with one attached hydrogen (secondary N) is 1. The molecule has 0 saturated carbocycles. The highest BCUT2D eigenvalue weighted by atomic mass is 35.5. The molecule has 2 rings (SSSR count). The molecule has 0 aliphatic carbocycles. The molecular formula is C17H27ClN4O3S. The molecule has 1 aliphatic heterocycles. The van der Waals surface area contributed by atoms with Crippen molar-refractivity contribution in [3.05, 3.63) is 34.9 Å². The Morgan fingerprint density at radius 3 is 2.77 bits per heavy atom. The van der Waals surface area contributed by atoms with Gasteiger partial charge in [-0.25, -0.2) is 8.42 Å². The Labute approximate surface area is 161 Å². The molecule has 1 N–H and O–H groups in total. The maximum Gasteiger partial charge on any atom is 0.216 e. The predicted octanol–water partition coefficient (Wildman–Crippen LogP) is 1.40. The Morgan fingerprint density at radius 2 is 2.12 bits per heavy atom. The topological polar surface area (TPSA) is 74.2 Å². The molecule has 1 aliphatic rings. The van der Waals surface area contributed by atoms with E-state index in [2.05, 4.69) is 10.3 Å². The number of halogens is 1. The zero-order chi connectivity index (χ0) is 19.0. The number of sulfonamides is 1. The lowest BCUT2D eigenvalue weighted by atomic mass is 10.2. The van der Waals surface area contributed by atoms with Crippen LogP contribution in [0, 0.1) is 0 Å². The van der Waals surface area contributed by atoms with Crippen molar-refractivity contribution < 1.29 is 13.2 Å². The van der Waals surface area contributed by atoms with Gasteiger partial charge in [0.15, 0.2) is 5.96 Å². The first-order valence-corrected chi connectivity index (χ1v) is 10.7. The Hall–Kier alpha value is -1.35. The van der Waals surface area contributed by atoms with E-state index in [9.17, 15) is 8.42 Å². The van der Waals surface area contributed by atoms with E-state index >= 15 is 0 Å². The molecule has 0 amide bonds. The van der Waals surface area contributed by atoms with E-state index in [4.69, 9.17) is 16.3 Å². The molecule has 0 aromatic heterocycles. The molecule has 0 bridgehead atoms. The van der Waals surface area contributed by atoms with Crippen LogP contribution in [0.3, 0.4) is 0 Å². The second-order valence-electron chi connectivity index (χ2n) is 6.05. The van der Waals surface area contributed by atoms with Crippen LogP contribution in [0.5, 0.6) is 0 Å². The fourth-order valence-corrected chi connectivity index (χ4v) is 4.17. The van der Waals surface area contributed by atoms with Crippen LogP contribution in [-0.4, -0.2) is 75.8 Å². The molecule has 0 radical (unpaired) electrons. The second-order valence-corrected chi connectivity index (χ2v) is 8.57. The third kappa shape index (κ3) is 6.42. The van der Waals surface area contributed by atoms with E-state index in [-0.39, 0.29) is 12.3 Å². The zero-order valence-electron chi connectivity index (χ0n) is 15.3. The highest BCUT2D eigenvalue weighted by Crippen LogP contribution is 2.12. The van der Waals surface area contributed by atoms with E-state index in [0.29, 0.717) is 50.4 Å². The molecule has 1 saturated heterocycles. The molecule has 0 atom stereocenters. The van der Waals surface area contributed by atoms with Crippen molar-refractivity contribution in [1.82, 2.24) is 14.5 Å². The molecule has 1 heterocycles. The van der Waals surface area contributed by atoms with Crippen molar-refractivity contribution in [3.8, 4) is 0 Å². The first kappa shape index (κ1) is 21.0. The number of rotatable bonds is 7. The third-order valence-corrected chi connectivity index (χ3v) is 6.07. The summed E-state index contributed by atoms with van der Waals surface area (Å²) in [4.78, 5) is 6.43. The summed E-state index contributed by atoms with van der Waals surface area (Å²) >= 11 is 6.03. The van der Waals surface area contributed by atoms with E-state index in [1.165, 1.54) is 4.31 Å². The maximum absolute atomic E-state index is 12.4. The number of aliphatic imine (C=N–C) groups is 1. The second kappa shape index (κ2) is 10.1. The Kier molecular flexibility index (Phi) is 8.15. The third-order valence-electron chi connectivity index (χ3n) is 3.98. The van der Waals surface area contributed by atoms with E-state index in [1.807, 2.05) is 43.1 Å². The normalized spacial score (nSPS) is 16.5. The fraction of sp³-hybridized carbons (Fsp3) is 0.588. The average Bonchev–Trinajstić information content (AvgIpc) is 2.61. The standard InChI is InChI=1S/C17H27ClN4O3S/c1-3-19-17(21(2)14-15-5-4-6-16(18)13-15)20-7-12-26(23,24)22-8-10-25-11-9-22/h4-6,13H,3,7-12,14H2,1-2H3,(H,19,20). The lowest BCUT2D eigenvalue weighted by Crippen LogP contribution is -2.42. The molecule has 1 aromatic rings. The van der Waals surface area contributed by atoms with Crippen molar-refractivity contribution in [1.29, 1.82) is 0 Å². The van der Waals surface area contributed by atoms with Gasteiger partial charge in [-0.05, 0) is 24.6 Å². The highest BCUT2D eigenvalue weighted by Gasteiger charge is 2.23. The highest BCUT2D eigenvalue weighted by molar-refractivity contribution is 7.89. The van der Waals surface area contributed by atoms with Gasteiger partial charge in [0.2, 0.25) is 10.0 Å². The predicted molar refractivity (Wildman–Crippen MR) is 105 cm³/mol. The summed E-state index contributed by atoms with van der Waals surface area (Å²) in [5.74, 6) is 0.664. The smallest absolute Gasteiger partial charge is 0.216 e. The van der Waals surface area contributed by atoms with Crippen LogP contribution in [0.15, 0.2) is 29.3 Å². The molecule has 9 heteroatoms. The van der Waals surface area contributed by atoms with Gasteiger partial charge in [-0.2, -0.15) is 4.31 Å². The van der Waals surface area contributed by atoms with Crippen LogP contribution in [0.1, 0.15) is 12.5 Å². The Bertz CT molecular complexity index is 706. The molecule has 0 unspecified atom stereocenters. The van der Waals surface area contributed by atoms with E-state index in [0.717, 1.165) is 5.56 Å². The summed E-state index contributed by atoms with van der Waals surface area (Å²) in [6, 6.07) is 7.64. The van der Waals surface area contributed by atoms with Gasteiger partial charge in [0.25, 0.3) is 0 Å². The van der Waals surface area contributed by atoms with Gasteiger partial charge >= 0.3 is 0 Å². The SMILES string of the molecule is CCNC(=NCCS(=O)(=O)N1CCOCC1)N(C)Cc1cccc(Cl)c1. The first-order valence-electron chi connectivity index (χ1n) is 8.72. The Morgan fingerprint density at radius 1 is 1.38 bits per heavy atom. The molecule has 1 aromatic carbocycles. The summed E-state index contributed by atoms with van der Waals surface area (Å²) in [6.07, 6.45) is 0. The molecule has 7 nitrogen and oxygen atoms in total. The van der Waals surface area contributed by atoms with Gasteiger partial charge < -0.3 is 15.0 Å². The van der Waals surface area contributed by atoms with Crippen molar-refractivity contribution >= 4 is 27.6 Å². The minimum atomic E-state index is -3.30. The number of guanidine groups is 1. The summed E-state index contributed by atoms with van der Waals surface area (Å²) in [7, 11) is -1.39. The van der Waals surface area contributed by atoms with Gasteiger partial charge in [0.05, 0.1) is 25.5 Å². The van der Waals surface area contributed by atoms with Crippen LogP contribution in [0.4, 0.5) is 0 Å². The lowest BCUT2D eigenvalue weighted by molar-refractivity contribution is 0.0731. The van der Waals surface area contributed by atoms with Crippen LogP contribution in [-0.2, 0) is 21.3 Å². The number of hydrogen-bond donors (Lipinski definition) is 1. The van der Waals surface area contributed by atoms with Crippen LogP contribution in [0.25, 0.3) is 0 Å². The van der Waals surface area contributed by atoms with Crippen LogP contribution < -0.4 is 5.32 Å². The van der Waals surface area contributed by atoms with Crippen molar-refractivity contribution in [2.24, 2.45) is 4.99 Å².